The fourth-order valence-electron chi connectivity index (χ4n) is 1.95. The monoisotopic (exact) mass is 422 g/mol. The van der Waals surface area contributed by atoms with E-state index in [1.54, 1.807) is 12.1 Å². The van der Waals surface area contributed by atoms with Crippen LogP contribution in [-0.2, 0) is 4.79 Å². The van der Waals surface area contributed by atoms with Crippen molar-refractivity contribution >= 4 is 50.6 Å². The summed E-state index contributed by atoms with van der Waals surface area (Å²) in [5, 5.41) is 4.52. The number of nitrogens with zero attached hydrogens (tertiary/aromatic N) is 1. The molecule has 0 saturated carbocycles. The molecule has 3 nitrogen and oxygen atoms in total. The summed E-state index contributed by atoms with van der Waals surface area (Å²) < 4.78 is 15.3. The molecular formula is C17H12BrFN2OS2. The smallest absolute Gasteiger partial charge is 0.234 e. The summed E-state index contributed by atoms with van der Waals surface area (Å²) in [7, 11) is 0. The SMILES string of the molecule is O=C(CSc1nc(-c2ccc(Br)cc2)cs1)Nc1ccccc1F. The van der Waals surface area contributed by atoms with Gasteiger partial charge in [0.2, 0.25) is 5.91 Å². The molecular weight excluding hydrogens is 411 g/mol. The van der Waals surface area contributed by atoms with Crippen molar-refractivity contribution in [2.75, 3.05) is 11.1 Å². The van der Waals surface area contributed by atoms with Crippen molar-refractivity contribution in [3.8, 4) is 11.3 Å². The van der Waals surface area contributed by atoms with Crippen LogP contribution in [0, 0.1) is 5.82 Å². The molecule has 122 valence electrons. The molecule has 1 heterocycles. The van der Waals surface area contributed by atoms with Crippen LogP contribution in [0.4, 0.5) is 10.1 Å². The number of carbonyl (C=O) groups excluding carboxylic acids is 1. The third kappa shape index (κ3) is 4.43. The third-order valence-corrected chi connectivity index (χ3v) is 5.65. The molecule has 0 aliphatic rings. The third-order valence-electron chi connectivity index (χ3n) is 3.10. The second kappa shape index (κ2) is 7.92. The van der Waals surface area contributed by atoms with Crippen LogP contribution in [-0.4, -0.2) is 16.6 Å². The minimum absolute atomic E-state index is 0.182. The van der Waals surface area contributed by atoms with Crippen molar-refractivity contribution in [1.29, 1.82) is 0 Å². The summed E-state index contributed by atoms with van der Waals surface area (Å²) >= 11 is 6.23. The number of rotatable bonds is 5. The number of thiazole rings is 1. The fraction of sp³-hybridized carbons (Fsp3) is 0.0588. The minimum Gasteiger partial charge on any atom is -0.323 e. The minimum atomic E-state index is -0.442. The van der Waals surface area contributed by atoms with E-state index in [-0.39, 0.29) is 17.3 Å². The number of hydrogen-bond donors (Lipinski definition) is 1. The zero-order valence-corrected chi connectivity index (χ0v) is 15.6. The topological polar surface area (TPSA) is 42.0 Å². The standard InChI is InChI=1S/C17H12BrFN2OS2/c18-12-7-5-11(6-8-12)15-9-23-17(21-15)24-10-16(22)20-14-4-2-1-3-13(14)19/h1-9H,10H2,(H,20,22). The maximum Gasteiger partial charge on any atom is 0.234 e. The Hall–Kier alpha value is -1.70. The molecule has 0 atom stereocenters. The van der Waals surface area contributed by atoms with Gasteiger partial charge in [0.05, 0.1) is 17.1 Å². The van der Waals surface area contributed by atoms with Gasteiger partial charge in [0.1, 0.15) is 5.82 Å². The number of para-hydroxylation sites is 1. The molecule has 0 bridgehead atoms. The predicted octanol–water partition coefficient (Wildman–Crippen LogP) is 5.44. The lowest BCUT2D eigenvalue weighted by Gasteiger charge is -2.04. The first kappa shape index (κ1) is 17.1. The molecule has 0 aliphatic carbocycles. The summed E-state index contributed by atoms with van der Waals surface area (Å²) in [6.45, 7) is 0. The van der Waals surface area contributed by atoms with Gasteiger partial charge in [0, 0.05) is 15.4 Å². The molecule has 7 heteroatoms. The maximum atomic E-state index is 13.5. The van der Waals surface area contributed by atoms with Crippen molar-refractivity contribution in [1.82, 2.24) is 4.98 Å². The van der Waals surface area contributed by atoms with E-state index in [1.165, 1.54) is 35.2 Å². The van der Waals surface area contributed by atoms with Crippen LogP contribution in [0.25, 0.3) is 11.3 Å². The molecule has 0 spiro atoms. The maximum absolute atomic E-state index is 13.5. The Kier molecular flexibility index (Phi) is 5.65. The second-order valence-electron chi connectivity index (χ2n) is 4.82. The lowest BCUT2D eigenvalue weighted by molar-refractivity contribution is -0.113. The number of thioether (sulfide) groups is 1. The molecule has 24 heavy (non-hydrogen) atoms. The summed E-state index contributed by atoms with van der Waals surface area (Å²) in [6.07, 6.45) is 0. The predicted molar refractivity (Wildman–Crippen MR) is 101 cm³/mol. The first-order valence-corrected chi connectivity index (χ1v) is 9.66. The van der Waals surface area contributed by atoms with Crippen LogP contribution in [0.1, 0.15) is 0 Å². The number of aromatic nitrogens is 1. The molecule has 0 unspecified atom stereocenters. The molecule has 3 rings (SSSR count). The molecule has 0 radical (unpaired) electrons. The number of amides is 1. The van der Waals surface area contributed by atoms with E-state index < -0.39 is 5.82 Å². The Morgan fingerprint density at radius 1 is 1.21 bits per heavy atom. The first-order valence-electron chi connectivity index (χ1n) is 7.00. The van der Waals surface area contributed by atoms with Crippen LogP contribution < -0.4 is 5.32 Å². The van der Waals surface area contributed by atoms with Gasteiger partial charge in [-0.1, -0.05) is 52.0 Å². The highest BCUT2D eigenvalue weighted by atomic mass is 79.9. The molecule has 1 amide bonds. The van der Waals surface area contributed by atoms with Crippen LogP contribution in [0.5, 0.6) is 0 Å². The zero-order chi connectivity index (χ0) is 16.9. The van der Waals surface area contributed by atoms with Gasteiger partial charge in [-0.2, -0.15) is 0 Å². The highest BCUT2D eigenvalue weighted by Crippen LogP contribution is 2.29. The van der Waals surface area contributed by atoms with Gasteiger partial charge in [0.25, 0.3) is 0 Å². The largest absolute Gasteiger partial charge is 0.323 e. The number of hydrogen-bond acceptors (Lipinski definition) is 4. The van der Waals surface area contributed by atoms with E-state index in [9.17, 15) is 9.18 Å². The Labute approximate surface area is 155 Å². The molecule has 0 saturated heterocycles. The lowest BCUT2D eigenvalue weighted by Crippen LogP contribution is -2.14. The molecule has 1 N–H and O–H groups in total. The molecule has 0 aliphatic heterocycles. The van der Waals surface area contributed by atoms with Crippen molar-refractivity contribution in [3.05, 3.63) is 64.2 Å². The fourth-order valence-corrected chi connectivity index (χ4v) is 3.85. The zero-order valence-electron chi connectivity index (χ0n) is 12.3. The number of carbonyl (C=O) groups is 1. The Bertz CT molecular complexity index is 852. The molecule has 3 aromatic rings. The van der Waals surface area contributed by atoms with Gasteiger partial charge in [-0.05, 0) is 24.3 Å². The van der Waals surface area contributed by atoms with Crippen LogP contribution in [0.15, 0.2) is 62.7 Å². The normalized spacial score (nSPS) is 10.6. The van der Waals surface area contributed by atoms with Gasteiger partial charge in [-0.3, -0.25) is 4.79 Å². The van der Waals surface area contributed by atoms with Crippen LogP contribution in [0.2, 0.25) is 0 Å². The number of benzene rings is 2. The molecule has 1 aromatic heterocycles. The average Bonchev–Trinajstić information content (AvgIpc) is 3.05. The summed E-state index contributed by atoms with van der Waals surface area (Å²) in [4.78, 5) is 16.4. The Morgan fingerprint density at radius 2 is 1.96 bits per heavy atom. The average molecular weight is 423 g/mol. The van der Waals surface area contributed by atoms with Crippen molar-refractivity contribution in [2.24, 2.45) is 0 Å². The van der Waals surface area contributed by atoms with Gasteiger partial charge < -0.3 is 5.32 Å². The van der Waals surface area contributed by atoms with Crippen LogP contribution in [0.3, 0.4) is 0 Å². The molecule has 2 aromatic carbocycles. The van der Waals surface area contributed by atoms with E-state index in [1.807, 2.05) is 29.6 Å². The van der Waals surface area contributed by atoms with E-state index >= 15 is 0 Å². The summed E-state index contributed by atoms with van der Waals surface area (Å²) in [5.41, 5.74) is 2.10. The van der Waals surface area contributed by atoms with Crippen molar-refractivity contribution in [2.45, 2.75) is 4.34 Å². The van der Waals surface area contributed by atoms with E-state index in [0.29, 0.717) is 0 Å². The van der Waals surface area contributed by atoms with Gasteiger partial charge in [0.15, 0.2) is 4.34 Å². The van der Waals surface area contributed by atoms with E-state index in [4.69, 9.17) is 0 Å². The first-order chi connectivity index (χ1) is 11.6. The number of nitrogens with one attached hydrogen (secondary N) is 1. The summed E-state index contributed by atoms with van der Waals surface area (Å²) in [5.74, 6) is -0.519. The van der Waals surface area contributed by atoms with E-state index in [2.05, 4.69) is 26.2 Å². The van der Waals surface area contributed by atoms with E-state index in [0.717, 1.165) is 20.1 Å². The van der Waals surface area contributed by atoms with Crippen molar-refractivity contribution in [3.63, 3.8) is 0 Å². The quantitative estimate of drug-likeness (QED) is 0.556. The Morgan fingerprint density at radius 3 is 2.71 bits per heavy atom. The number of halogens is 2. The summed E-state index contributed by atoms with van der Waals surface area (Å²) in [6, 6.07) is 14.0. The lowest BCUT2D eigenvalue weighted by atomic mass is 10.2. The van der Waals surface area contributed by atoms with Gasteiger partial charge in [-0.25, -0.2) is 9.37 Å². The molecule has 0 fully saturated rings. The van der Waals surface area contributed by atoms with Gasteiger partial charge >= 0.3 is 0 Å². The highest BCUT2D eigenvalue weighted by molar-refractivity contribution is 9.10. The second-order valence-corrected chi connectivity index (χ2v) is 7.82. The van der Waals surface area contributed by atoms with Gasteiger partial charge in [-0.15, -0.1) is 11.3 Å². The van der Waals surface area contributed by atoms with Crippen LogP contribution >= 0.6 is 39.0 Å². The number of anilines is 1. The Balaban J connectivity index is 1.58. The van der Waals surface area contributed by atoms with Crippen molar-refractivity contribution < 1.29 is 9.18 Å². The highest BCUT2D eigenvalue weighted by Gasteiger charge is 2.10.